The molecule has 1 aliphatic carbocycles. The van der Waals surface area contributed by atoms with Crippen molar-refractivity contribution in [3.05, 3.63) is 30.1 Å². The van der Waals surface area contributed by atoms with Crippen molar-refractivity contribution >= 4 is 16.9 Å². The lowest BCUT2D eigenvalue weighted by Crippen LogP contribution is -2.37. The fourth-order valence-electron chi connectivity index (χ4n) is 4.15. The van der Waals surface area contributed by atoms with E-state index in [0.717, 1.165) is 36.1 Å². The molecule has 0 saturated heterocycles. The zero-order chi connectivity index (χ0) is 19.2. The van der Waals surface area contributed by atoms with Gasteiger partial charge >= 0.3 is 0 Å². The Hall–Kier alpha value is -1.88. The summed E-state index contributed by atoms with van der Waals surface area (Å²) in [6.07, 6.45) is 5.46. The number of ether oxygens (including phenoxy) is 1. The molecule has 1 fully saturated rings. The molecule has 1 aromatic heterocycles. The number of carbonyl (C=O) groups excluding carboxylic acids is 1. The van der Waals surface area contributed by atoms with E-state index in [9.17, 15) is 4.79 Å². The summed E-state index contributed by atoms with van der Waals surface area (Å²) >= 11 is 0. The number of nitrogens with one attached hydrogen (secondary N) is 2. The van der Waals surface area contributed by atoms with Crippen LogP contribution in [0.25, 0.3) is 11.0 Å². The van der Waals surface area contributed by atoms with E-state index < -0.39 is 0 Å². The normalized spacial score (nSPS) is 23.0. The standard InChI is InChI=1S/C22H33N3O2/c1-15(2)17-11-10-16(3)13-20(17)27-14-22(26)23-12-6-9-21-24-18-7-4-5-8-19(18)25-21/h4-5,7-8,15-17,20H,6,9-14H2,1-3H3,(H,23,26)(H,24,25)/t16-,17+,20-/m1/s1. The maximum absolute atomic E-state index is 12.1. The number of nitrogens with zero attached hydrogens (tertiary/aromatic N) is 1. The summed E-state index contributed by atoms with van der Waals surface area (Å²) in [5.41, 5.74) is 2.05. The molecule has 1 aliphatic rings. The summed E-state index contributed by atoms with van der Waals surface area (Å²) in [4.78, 5) is 20.0. The van der Waals surface area contributed by atoms with Crippen molar-refractivity contribution in [2.75, 3.05) is 13.2 Å². The second kappa shape index (κ2) is 9.36. The number of hydrogen-bond donors (Lipinski definition) is 2. The van der Waals surface area contributed by atoms with E-state index in [1.165, 1.54) is 12.8 Å². The molecule has 27 heavy (non-hydrogen) atoms. The molecule has 3 rings (SSSR count). The van der Waals surface area contributed by atoms with Gasteiger partial charge in [0, 0.05) is 13.0 Å². The molecule has 1 saturated carbocycles. The molecule has 1 aromatic carbocycles. The second-order valence-corrected chi connectivity index (χ2v) is 8.33. The Morgan fingerprint density at radius 1 is 1.33 bits per heavy atom. The van der Waals surface area contributed by atoms with Crippen molar-refractivity contribution in [2.45, 2.75) is 59.0 Å². The molecule has 148 valence electrons. The van der Waals surface area contributed by atoms with Crippen molar-refractivity contribution in [3.63, 3.8) is 0 Å². The van der Waals surface area contributed by atoms with E-state index in [1.807, 2.05) is 24.3 Å². The Bertz CT molecular complexity index is 707. The maximum Gasteiger partial charge on any atom is 0.246 e. The fraction of sp³-hybridized carbons (Fsp3) is 0.636. The molecule has 1 heterocycles. The molecule has 0 aliphatic heterocycles. The fourth-order valence-corrected chi connectivity index (χ4v) is 4.15. The first-order chi connectivity index (χ1) is 13.0. The number of hydrogen-bond acceptors (Lipinski definition) is 3. The number of aromatic nitrogens is 2. The summed E-state index contributed by atoms with van der Waals surface area (Å²) in [5, 5.41) is 2.98. The molecule has 1 amide bonds. The van der Waals surface area contributed by atoms with E-state index in [-0.39, 0.29) is 18.6 Å². The highest BCUT2D eigenvalue weighted by Gasteiger charge is 2.31. The van der Waals surface area contributed by atoms with E-state index in [1.54, 1.807) is 0 Å². The Morgan fingerprint density at radius 3 is 2.93 bits per heavy atom. The minimum absolute atomic E-state index is 0.0136. The topological polar surface area (TPSA) is 67.0 Å². The van der Waals surface area contributed by atoms with Gasteiger partial charge in [0.25, 0.3) is 0 Å². The lowest BCUT2D eigenvalue weighted by Gasteiger charge is -2.37. The predicted octanol–water partition coefficient (Wildman–Crippen LogP) is 4.09. The van der Waals surface area contributed by atoms with Gasteiger partial charge < -0.3 is 15.0 Å². The van der Waals surface area contributed by atoms with Crippen LogP contribution >= 0.6 is 0 Å². The molecule has 0 unspecified atom stereocenters. The number of fused-ring (bicyclic) bond motifs is 1. The van der Waals surface area contributed by atoms with Gasteiger partial charge in [-0.05, 0) is 49.1 Å². The number of amides is 1. The number of aryl methyl sites for hydroxylation is 1. The molecule has 5 heteroatoms. The Balaban J connectivity index is 1.36. The van der Waals surface area contributed by atoms with E-state index in [0.29, 0.717) is 24.3 Å². The van der Waals surface area contributed by atoms with Gasteiger partial charge in [0.1, 0.15) is 12.4 Å². The minimum Gasteiger partial charge on any atom is -0.368 e. The van der Waals surface area contributed by atoms with Gasteiger partial charge in [-0.15, -0.1) is 0 Å². The monoisotopic (exact) mass is 371 g/mol. The highest BCUT2D eigenvalue weighted by atomic mass is 16.5. The number of carbonyl (C=O) groups is 1. The Labute approximate surface area is 162 Å². The first kappa shape index (κ1) is 19.9. The SMILES string of the molecule is CC(C)[C@@H]1CC[C@@H](C)C[C@H]1OCC(=O)NCCCc1nc2ccccc2[nH]1. The van der Waals surface area contributed by atoms with E-state index >= 15 is 0 Å². The number of rotatable bonds is 8. The van der Waals surface area contributed by atoms with Crippen molar-refractivity contribution in [1.82, 2.24) is 15.3 Å². The molecule has 5 nitrogen and oxygen atoms in total. The molecule has 2 N–H and O–H groups in total. The van der Waals surface area contributed by atoms with Crippen molar-refractivity contribution in [1.29, 1.82) is 0 Å². The first-order valence-corrected chi connectivity index (χ1v) is 10.3. The number of aromatic amines is 1. The summed E-state index contributed by atoms with van der Waals surface area (Å²) in [6.45, 7) is 7.62. The van der Waals surface area contributed by atoms with Crippen LogP contribution in [-0.4, -0.2) is 35.1 Å². The average molecular weight is 372 g/mol. The molecular formula is C22H33N3O2. The van der Waals surface area contributed by atoms with Gasteiger partial charge in [-0.1, -0.05) is 39.3 Å². The Morgan fingerprint density at radius 2 is 2.15 bits per heavy atom. The lowest BCUT2D eigenvalue weighted by atomic mass is 9.75. The first-order valence-electron chi connectivity index (χ1n) is 10.3. The number of imidazole rings is 1. The van der Waals surface area contributed by atoms with Crippen molar-refractivity contribution in [2.24, 2.45) is 17.8 Å². The van der Waals surface area contributed by atoms with Gasteiger partial charge in [-0.2, -0.15) is 0 Å². The quantitative estimate of drug-likeness (QED) is 0.687. The maximum atomic E-state index is 12.1. The van der Waals surface area contributed by atoms with Crippen LogP contribution in [0.1, 0.15) is 52.3 Å². The van der Waals surface area contributed by atoms with Gasteiger partial charge in [0.05, 0.1) is 17.1 Å². The third-order valence-electron chi connectivity index (χ3n) is 5.74. The largest absolute Gasteiger partial charge is 0.368 e. The van der Waals surface area contributed by atoms with Gasteiger partial charge in [-0.3, -0.25) is 4.79 Å². The smallest absolute Gasteiger partial charge is 0.246 e. The van der Waals surface area contributed by atoms with Gasteiger partial charge in [-0.25, -0.2) is 4.98 Å². The van der Waals surface area contributed by atoms with Crippen LogP contribution in [0.4, 0.5) is 0 Å². The number of H-pyrrole nitrogens is 1. The van der Waals surface area contributed by atoms with E-state index in [2.05, 4.69) is 36.1 Å². The molecule has 0 spiro atoms. The van der Waals surface area contributed by atoms with Gasteiger partial charge in [0.15, 0.2) is 0 Å². The number of para-hydroxylation sites is 2. The molecular weight excluding hydrogens is 338 g/mol. The second-order valence-electron chi connectivity index (χ2n) is 8.33. The van der Waals surface area contributed by atoms with Crippen LogP contribution in [0.3, 0.4) is 0 Å². The van der Waals surface area contributed by atoms with E-state index in [4.69, 9.17) is 4.74 Å². The highest BCUT2D eigenvalue weighted by Crippen LogP contribution is 2.35. The minimum atomic E-state index is -0.0136. The number of benzene rings is 1. The average Bonchev–Trinajstić information content (AvgIpc) is 3.06. The molecule has 0 radical (unpaired) electrons. The van der Waals surface area contributed by atoms with Gasteiger partial charge in [0.2, 0.25) is 5.91 Å². The molecule has 2 aromatic rings. The zero-order valence-corrected chi connectivity index (χ0v) is 16.8. The molecule has 0 bridgehead atoms. The van der Waals surface area contributed by atoms with Crippen LogP contribution in [0, 0.1) is 17.8 Å². The lowest BCUT2D eigenvalue weighted by molar-refractivity contribution is -0.131. The zero-order valence-electron chi connectivity index (χ0n) is 16.8. The van der Waals surface area contributed by atoms with Crippen LogP contribution in [0.2, 0.25) is 0 Å². The van der Waals surface area contributed by atoms with Crippen molar-refractivity contribution < 1.29 is 9.53 Å². The van der Waals surface area contributed by atoms with Crippen LogP contribution in [0.15, 0.2) is 24.3 Å². The highest BCUT2D eigenvalue weighted by molar-refractivity contribution is 5.77. The molecule has 3 atom stereocenters. The summed E-state index contributed by atoms with van der Waals surface area (Å²) in [6, 6.07) is 8.03. The third-order valence-corrected chi connectivity index (χ3v) is 5.74. The summed E-state index contributed by atoms with van der Waals surface area (Å²) < 4.78 is 6.01. The van der Waals surface area contributed by atoms with Crippen LogP contribution in [-0.2, 0) is 16.0 Å². The van der Waals surface area contributed by atoms with Crippen LogP contribution in [0.5, 0.6) is 0 Å². The summed E-state index contributed by atoms with van der Waals surface area (Å²) in [5.74, 6) is 2.83. The predicted molar refractivity (Wildman–Crippen MR) is 109 cm³/mol. The van der Waals surface area contributed by atoms with Crippen LogP contribution < -0.4 is 5.32 Å². The summed E-state index contributed by atoms with van der Waals surface area (Å²) in [7, 11) is 0. The third kappa shape index (κ3) is 5.55. The van der Waals surface area contributed by atoms with Crippen molar-refractivity contribution in [3.8, 4) is 0 Å². The Kier molecular flexibility index (Phi) is 6.89.